The van der Waals surface area contributed by atoms with Crippen LogP contribution >= 0.6 is 0 Å². The van der Waals surface area contributed by atoms with Crippen LogP contribution in [0.3, 0.4) is 0 Å². The summed E-state index contributed by atoms with van der Waals surface area (Å²) in [5.41, 5.74) is 5.70. The lowest BCUT2D eigenvalue weighted by molar-refractivity contribution is 0.590. The highest BCUT2D eigenvalue weighted by Crippen LogP contribution is 2.22. The fourth-order valence-electron chi connectivity index (χ4n) is 1.75. The van der Waals surface area contributed by atoms with Crippen molar-refractivity contribution in [3.63, 3.8) is 0 Å². The van der Waals surface area contributed by atoms with Crippen LogP contribution in [0.5, 0.6) is 0 Å². The van der Waals surface area contributed by atoms with Gasteiger partial charge in [0.2, 0.25) is 0 Å². The molecule has 2 aromatic rings. The van der Waals surface area contributed by atoms with Crippen LogP contribution in [-0.2, 0) is 5.41 Å². The van der Waals surface area contributed by atoms with E-state index in [4.69, 9.17) is 0 Å². The molecule has 0 N–H and O–H groups in total. The average Bonchev–Trinajstić information content (AvgIpc) is 2.33. The fourth-order valence-corrected chi connectivity index (χ4v) is 1.75. The zero-order chi connectivity index (χ0) is 14.5. The molecule has 0 nitrogen and oxygen atoms in total. The van der Waals surface area contributed by atoms with Gasteiger partial charge in [0.25, 0.3) is 0 Å². The molecule has 0 radical (unpaired) electrons. The van der Waals surface area contributed by atoms with Crippen LogP contribution in [0, 0.1) is 20.8 Å². The molecule has 2 aromatic carbocycles. The number of benzene rings is 2. The standard InChI is InChI=1S/C11H16.C8H10/c1-9-6-5-7-10(8-9)11(2,3)4;1-7-3-5-8(2)6-4-7/h5-8H,1-4H3;3-6H,1-2H3. The number of hydrogen-bond donors (Lipinski definition) is 0. The SMILES string of the molecule is Cc1ccc(C)cc1.Cc1cccc(C(C)(C)C)c1. The number of rotatable bonds is 0. The molecular formula is C19H26. The summed E-state index contributed by atoms with van der Waals surface area (Å²) in [4.78, 5) is 0. The van der Waals surface area contributed by atoms with Crippen molar-refractivity contribution in [1.82, 2.24) is 0 Å². The van der Waals surface area contributed by atoms with E-state index in [1.807, 2.05) is 0 Å². The fraction of sp³-hybridized carbons (Fsp3) is 0.368. The van der Waals surface area contributed by atoms with E-state index in [1.54, 1.807) is 0 Å². The molecule has 0 heteroatoms. The molecule has 0 saturated heterocycles. The predicted molar refractivity (Wildman–Crippen MR) is 85.8 cm³/mol. The Morgan fingerprint density at radius 3 is 1.42 bits per heavy atom. The van der Waals surface area contributed by atoms with Crippen LogP contribution in [0.25, 0.3) is 0 Å². The highest BCUT2D eigenvalue weighted by atomic mass is 14.2. The average molecular weight is 254 g/mol. The van der Waals surface area contributed by atoms with Gasteiger partial charge in [-0.2, -0.15) is 0 Å². The van der Waals surface area contributed by atoms with Crippen molar-refractivity contribution in [3.8, 4) is 0 Å². The maximum absolute atomic E-state index is 2.25. The zero-order valence-corrected chi connectivity index (χ0v) is 13.1. The van der Waals surface area contributed by atoms with Crippen molar-refractivity contribution in [3.05, 3.63) is 70.8 Å². The first-order valence-corrected chi connectivity index (χ1v) is 6.89. The van der Waals surface area contributed by atoms with Gasteiger partial charge in [0.05, 0.1) is 0 Å². The van der Waals surface area contributed by atoms with Gasteiger partial charge in [-0.15, -0.1) is 0 Å². The Kier molecular flexibility index (Phi) is 5.35. The molecule has 2 rings (SSSR count). The second kappa shape index (κ2) is 6.56. The molecule has 0 unspecified atom stereocenters. The molecule has 0 aliphatic carbocycles. The zero-order valence-electron chi connectivity index (χ0n) is 13.1. The van der Waals surface area contributed by atoms with E-state index in [0.717, 1.165) is 0 Å². The first kappa shape index (κ1) is 15.5. The van der Waals surface area contributed by atoms with Crippen molar-refractivity contribution in [2.75, 3.05) is 0 Å². The minimum atomic E-state index is 0.284. The smallest absolute Gasteiger partial charge is 0.0132 e. The molecular weight excluding hydrogens is 228 g/mol. The summed E-state index contributed by atoms with van der Waals surface area (Å²) in [7, 11) is 0. The largest absolute Gasteiger partial charge is 0.0617 e. The Hall–Kier alpha value is -1.56. The summed E-state index contributed by atoms with van der Waals surface area (Å²) in [5.74, 6) is 0. The van der Waals surface area contributed by atoms with E-state index >= 15 is 0 Å². The third kappa shape index (κ3) is 5.74. The lowest BCUT2D eigenvalue weighted by Gasteiger charge is -2.19. The molecule has 0 heterocycles. The summed E-state index contributed by atoms with van der Waals surface area (Å²) < 4.78 is 0. The molecule has 0 aromatic heterocycles. The van der Waals surface area contributed by atoms with Crippen LogP contribution in [0.1, 0.15) is 43.0 Å². The Labute approximate surface area is 118 Å². The highest BCUT2D eigenvalue weighted by molar-refractivity contribution is 5.27. The molecule has 0 spiro atoms. The summed E-state index contributed by atoms with van der Waals surface area (Å²) in [5, 5.41) is 0. The van der Waals surface area contributed by atoms with Crippen molar-refractivity contribution in [2.24, 2.45) is 0 Å². The Balaban J connectivity index is 0.000000200. The molecule has 0 fully saturated rings. The molecule has 0 aliphatic heterocycles. The first-order valence-electron chi connectivity index (χ1n) is 6.89. The van der Waals surface area contributed by atoms with Gasteiger partial charge in [-0.1, -0.05) is 86.0 Å². The van der Waals surface area contributed by atoms with Crippen LogP contribution < -0.4 is 0 Å². The summed E-state index contributed by atoms with van der Waals surface area (Å²) in [6.45, 7) is 13.0. The van der Waals surface area contributed by atoms with Gasteiger partial charge in [-0.3, -0.25) is 0 Å². The Bertz CT molecular complexity index is 477. The van der Waals surface area contributed by atoms with Crippen LogP contribution in [0.2, 0.25) is 0 Å². The minimum absolute atomic E-state index is 0.284. The van der Waals surface area contributed by atoms with Crippen molar-refractivity contribution in [1.29, 1.82) is 0 Å². The van der Waals surface area contributed by atoms with E-state index in [1.165, 1.54) is 22.3 Å². The molecule has 0 bridgehead atoms. The third-order valence-electron chi connectivity index (χ3n) is 3.10. The molecule has 0 amide bonds. The van der Waals surface area contributed by atoms with Gasteiger partial charge >= 0.3 is 0 Å². The molecule has 0 saturated carbocycles. The van der Waals surface area contributed by atoms with Gasteiger partial charge in [0, 0.05) is 0 Å². The normalized spacial score (nSPS) is 10.6. The maximum Gasteiger partial charge on any atom is -0.0132 e. The minimum Gasteiger partial charge on any atom is -0.0617 e. The van der Waals surface area contributed by atoms with Gasteiger partial charge in [-0.25, -0.2) is 0 Å². The van der Waals surface area contributed by atoms with Crippen molar-refractivity contribution < 1.29 is 0 Å². The van der Waals surface area contributed by atoms with E-state index in [-0.39, 0.29) is 5.41 Å². The van der Waals surface area contributed by atoms with Gasteiger partial charge < -0.3 is 0 Å². The quantitative estimate of drug-likeness (QED) is 0.574. The van der Waals surface area contributed by atoms with E-state index in [2.05, 4.69) is 90.1 Å². The van der Waals surface area contributed by atoms with Gasteiger partial charge in [0.15, 0.2) is 0 Å². The summed E-state index contributed by atoms with van der Waals surface area (Å²) in [6.07, 6.45) is 0. The van der Waals surface area contributed by atoms with Crippen LogP contribution in [0.15, 0.2) is 48.5 Å². The van der Waals surface area contributed by atoms with Crippen LogP contribution in [-0.4, -0.2) is 0 Å². The molecule has 102 valence electrons. The summed E-state index contributed by atoms with van der Waals surface area (Å²) >= 11 is 0. The Morgan fingerprint density at radius 1 is 0.632 bits per heavy atom. The van der Waals surface area contributed by atoms with Gasteiger partial charge in [0.1, 0.15) is 0 Å². The summed E-state index contributed by atoms with van der Waals surface area (Å²) in [6, 6.07) is 17.2. The first-order chi connectivity index (χ1) is 8.79. The molecule has 0 aliphatic rings. The predicted octanol–water partition coefficient (Wildman–Crippen LogP) is 5.60. The Morgan fingerprint density at radius 2 is 1.11 bits per heavy atom. The van der Waals surface area contributed by atoms with E-state index in [0.29, 0.717) is 0 Å². The number of aryl methyl sites for hydroxylation is 3. The van der Waals surface area contributed by atoms with Crippen LogP contribution in [0.4, 0.5) is 0 Å². The second-order valence-corrected chi connectivity index (χ2v) is 6.27. The topological polar surface area (TPSA) is 0 Å². The van der Waals surface area contributed by atoms with Crippen molar-refractivity contribution >= 4 is 0 Å². The van der Waals surface area contributed by atoms with E-state index in [9.17, 15) is 0 Å². The maximum atomic E-state index is 2.25. The lowest BCUT2D eigenvalue weighted by atomic mass is 9.86. The second-order valence-electron chi connectivity index (χ2n) is 6.27. The molecule has 19 heavy (non-hydrogen) atoms. The highest BCUT2D eigenvalue weighted by Gasteiger charge is 2.12. The monoisotopic (exact) mass is 254 g/mol. The van der Waals surface area contributed by atoms with Gasteiger partial charge in [-0.05, 0) is 31.7 Å². The molecule has 0 atom stereocenters. The third-order valence-corrected chi connectivity index (χ3v) is 3.10. The van der Waals surface area contributed by atoms with E-state index < -0.39 is 0 Å². The van der Waals surface area contributed by atoms with Crippen molar-refractivity contribution in [2.45, 2.75) is 47.0 Å². The number of hydrogen-bond acceptors (Lipinski definition) is 0. The lowest BCUT2D eigenvalue weighted by Crippen LogP contribution is -2.10.